The lowest BCUT2D eigenvalue weighted by atomic mass is 10.0. The number of hydrogen-bond acceptors (Lipinski definition) is 2. The van der Waals surface area contributed by atoms with Crippen LogP contribution < -0.4 is 5.32 Å². The number of pyridine rings is 1. The molecule has 3 rings (SSSR count). The van der Waals surface area contributed by atoms with E-state index in [0.717, 1.165) is 36.0 Å². The number of fused-ring (bicyclic) bond motifs is 1. The van der Waals surface area contributed by atoms with Gasteiger partial charge in [0.05, 0.1) is 12.1 Å². The fourth-order valence-corrected chi connectivity index (χ4v) is 3.43. The van der Waals surface area contributed by atoms with Crippen LogP contribution in [0.25, 0.3) is 0 Å². The number of nitrogens with zero attached hydrogens (tertiary/aromatic N) is 2. The molecule has 2 atom stereocenters. The van der Waals surface area contributed by atoms with Gasteiger partial charge >= 0.3 is 6.03 Å². The number of carbonyl (C=O) groups is 1. The average molecular weight is 327 g/mol. The molecular formula is C19H22FN3O. The largest absolute Gasteiger partial charge is 0.331 e. The Hall–Kier alpha value is -2.43. The molecule has 0 fully saturated rings. The lowest BCUT2D eigenvalue weighted by Crippen LogP contribution is -2.40. The van der Waals surface area contributed by atoms with Gasteiger partial charge in [0.25, 0.3) is 0 Å². The minimum absolute atomic E-state index is 0.0126. The Balaban J connectivity index is 1.72. The highest BCUT2D eigenvalue weighted by Gasteiger charge is 2.27. The molecule has 1 aliphatic rings. The molecule has 1 aromatic heterocycles. The third kappa shape index (κ3) is 3.25. The van der Waals surface area contributed by atoms with E-state index in [1.165, 1.54) is 12.1 Å². The Morgan fingerprint density at radius 2 is 2.12 bits per heavy atom. The zero-order valence-electron chi connectivity index (χ0n) is 14.0. The smallest absolute Gasteiger partial charge is 0.318 e. The van der Waals surface area contributed by atoms with E-state index in [9.17, 15) is 9.18 Å². The van der Waals surface area contributed by atoms with Crippen LogP contribution in [0, 0.1) is 5.82 Å². The predicted molar refractivity (Wildman–Crippen MR) is 91.0 cm³/mol. The van der Waals surface area contributed by atoms with Crippen LogP contribution in [0.15, 0.2) is 42.7 Å². The maximum atomic E-state index is 13.5. The molecule has 2 amide bonds. The number of aryl methyl sites for hydroxylation is 1. The monoisotopic (exact) mass is 327 g/mol. The quantitative estimate of drug-likeness (QED) is 0.922. The van der Waals surface area contributed by atoms with Gasteiger partial charge in [-0.2, -0.15) is 0 Å². The van der Waals surface area contributed by atoms with Crippen LogP contribution in [0.1, 0.15) is 48.5 Å². The zero-order chi connectivity index (χ0) is 17.1. The Bertz CT molecular complexity index is 720. The first-order valence-electron chi connectivity index (χ1n) is 8.31. The van der Waals surface area contributed by atoms with Gasteiger partial charge < -0.3 is 10.2 Å². The second kappa shape index (κ2) is 6.99. The summed E-state index contributed by atoms with van der Waals surface area (Å²) in [6.07, 6.45) is 5.96. The van der Waals surface area contributed by atoms with Crippen LogP contribution in [0.3, 0.4) is 0 Å². The molecule has 1 aromatic carbocycles. The van der Waals surface area contributed by atoms with Gasteiger partial charge in [-0.3, -0.25) is 4.98 Å². The van der Waals surface area contributed by atoms with E-state index in [0.29, 0.717) is 0 Å². The SMILES string of the molecule is CC[C@H](c1ccncc1)N(C)C(=O)N[C@H]1CCc2ccc(F)cc21. The van der Waals surface area contributed by atoms with Crippen molar-refractivity contribution >= 4 is 6.03 Å². The summed E-state index contributed by atoms with van der Waals surface area (Å²) in [5.41, 5.74) is 3.07. The highest BCUT2D eigenvalue weighted by Crippen LogP contribution is 2.32. The molecular weight excluding hydrogens is 305 g/mol. The standard InChI is InChI=1S/C19H22FN3O/c1-3-18(14-8-10-21-11-9-14)23(2)19(24)22-17-7-5-13-4-6-15(20)12-16(13)17/h4,6,8-12,17-18H,3,5,7H2,1-2H3,(H,22,24)/t17-,18+/m0/s1. The predicted octanol–water partition coefficient (Wildman–Crippen LogP) is 4.00. The summed E-state index contributed by atoms with van der Waals surface area (Å²) in [5, 5.41) is 3.05. The molecule has 0 saturated carbocycles. The third-order valence-corrected chi connectivity index (χ3v) is 4.75. The normalized spacial score (nSPS) is 17.2. The number of carbonyl (C=O) groups excluding carboxylic acids is 1. The first-order chi connectivity index (χ1) is 11.6. The summed E-state index contributed by atoms with van der Waals surface area (Å²) in [4.78, 5) is 18.4. The molecule has 1 aliphatic carbocycles. The number of amides is 2. The van der Waals surface area contributed by atoms with Crippen LogP contribution in [0.5, 0.6) is 0 Å². The lowest BCUT2D eigenvalue weighted by Gasteiger charge is -2.29. The van der Waals surface area contributed by atoms with E-state index in [1.54, 1.807) is 24.3 Å². The summed E-state index contributed by atoms with van der Waals surface area (Å²) < 4.78 is 13.5. The lowest BCUT2D eigenvalue weighted by molar-refractivity contribution is 0.184. The van der Waals surface area contributed by atoms with Crippen molar-refractivity contribution in [3.05, 3.63) is 65.2 Å². The number of nitrogens with one attached hydrogen (secondary N) is 1. The minimum atomic E-state index is -0.258. The molecule has 126 valence electrons. The average Bonchev–Trinajstić information content (AvgIpc) is 2.98. The summed E-state index contributed by atoms with van der Waals surface area (Å²) in [6, 6.07) is 8.41. The van der Waals surface area contributed by atoms with Gasteiger partial charge in [0.15, 0.2) is 0 Å². The van der Waals surface area contributed by atoms with Crippen molar-refractivity contribution in [3.8, 4) is 0 Å². The Kier molecular flexibility index (Phi) is 4.79. The first kappa shape index (κ1) is 16.4. The first-order valence-corrected chi connectivity index (χ1v) is 8.31. The summed E-state index contributed by atoms with van der Waals surface area (Å²) in [7, 11) is 1.80. The van der Waals surface area contributed by atoms with Gasteiger partial charge in [-0.1, -0.05) is 13.0 Å². The Morgan fingerprint density at radius 1 is 1.38 bits per heavy atom. The molecule has 0 aliphatic heterocycles. The van der Waals surface area contributed by atoms with Gasteiger partial charge in [-0.05, 0) is 60.2 Å². The van der Waals surface area contributed by atoms with E-state index in [1.807, 2.05) is 18.2 Å². The summed E-state index contributed by atoms with van der Waals surface area (Å²) >= 11 is 0. The maximum Gasteiger partial charge on any atom is 0.318 e. The van der Waals surface area contributed by atoms with Gasteiger partial charge in [0, 0.05) is 19.4 Å². The van der Waals surface area contributed by atoms with Crippen molar-refractivity contribution in [1.82, 2.24) is 15.2 Å². The molecule has 0 bridgehead atoms. The Labute approximate surface area is 141 Å². The second-order valence-corrected chi connectivity index (χ2v) is 6.20. The third-order valence-electron chi connectivity index (χ3n) is 4.75. The molecule has 0 radical (unpaired) electrons. The van der Waals surface area contributed by atoms with E-state index in [2.05, 4.69) is 17.2 Å². The van der Waals surface area contributed by atoms with Gasteiger partial charge in [0.2, 0.25) is 0 Å². The number of hydrogen-bond donors (Lipinski definition) is 1. The van der Waals surface area contributed by atoms with Crippen LogP contribution in [0.4, 0.5) is 9.18 Å². The molecule has 4 nitrogen and oxygen atoms in total. The molecule has 0 saturated heterocycles. The minimum Gasteiger partial charge on any atom is -0.331 e. The van der Waals surface area contributed by atoms with Crippen molar-refractivity contribution in [2.24, 2.45) is 0 Å². The maximum absolute atomic E-state index is 13.5. The van der Waals surface area contributed by atoms with Gasteiger partial charge in [-0.25, -0.2) is 9.18 Å². The van der Waals surface area contributed by atoms with Crippen molar-refractivity contribution in [2.45, 2.75) is 38.3 Å². The van der Waals surface area contributed by atoms with Crippen molar-refractivity contribution in [1.29, 1.82) is 0 Å². The fourth-order valence-electron chi connectivity index (χ4n) is 3.43. The molecule has 24 heavy (non-hydrogen) atoms. The topological polar surface area (TPSA) is 45.2 Å². The highest BCUT2D eigenvalue weighted by atomic mass is 19.1. The van der Waals surface area contributed by atoms with Gasteiger partial charge in [-0.15, -0.1) is 0 Å². The van der Waals surface area contributed by atoms with Crippen molar-refractivity contribution in [3.63, 3.8) is 0 Å². The van der Waals surface area contributed by atoms with Crippen molar-refractivity contribution < 1.29 is 9.18 Å². The number of urea groups is 1. The summed E-state index contributed by atoms with van der Waals surface area (Å²) in [6.45, 7) is 2.05. The molecule has 1 heterocycles. The number of rotatable bonds is 4. The van der Waals surface area contributed by atoms with Crippen molar-refractivity contribution in [2.75, 3.05) is 7.05 Å². The molecule has 5 heteroatoms. The van der Waals surface area contributed by atoms with Crippen LogP contribution in [-0.2, 0) is 6.42 Å². The van der Waals surface area contributed by atoms with Crippen LogP contribution in [-0.4, -0.2) is 23.0 Å². The number of aromatic nitrogens is 1. The van der Waals surface area contributed by atoms with E-state index >= 15 is 0 Å². The second-order valence-electron chi connectivity index (χ2n) is 6.20. The molecule has 2 aromatic rings. The van der Waals surface area contributed by atoms with E-state index in [-0.39, 0.29) is 23.9 Å². The van der Waals surface area contributed by atoms with Gasteiger partial charge in [0.1, 0.15) is 5.82 Å². The fraction of sp³-hybridized carbons (Fsp3) is 0.368. The zero-order valence-corrected chi connectivity index (χ0v) is 14.0. The number of benzene rings is 1. The van der Waals surface area contributed by atoms with Crippen LogP contribution in [0.2, 0.25) is 0 Å². The van der Waals surface area contributed by atoms with E-state index < -0.39 is 0 Å². The molecule has 1 N–H and O–H groups in total. The van der Waals surface area contributed by atoms with Crippen LogP contribution >= 0.6 is 0 Å². The molecule has 0 unspecified atom stereocenters. The Morgan fingerprint density at radius 3 is 2.83 bits per heavy atom. The number of halogens is 1. The highest BCUT2D eigenvalue weighted by molar-refractivity contribution is 5.75. The summed E-state index contributed by atoms with van der Waals surface area (Å²) in [5.74, 6) is -0.258. The van der Waals surface area contributed by atoms with E-state index in [4.69, 9.17) is 0 Å². The molecule has 0 spiro atoms.